The summed E-state index contributed by atoms with van der Waals surface area (Å²) in [4.78, 5) is 24.2. The quantitative estimate of drug-likeness (QED) is 0.0594. The van der Waals surface area contributed by atoms with Gasteiger partial charge in [-0.3, -0.25) is 23.2 Å². The molecule has 1 saturated heterocycles. The molecule has 92 heavy (non-hydrogen) atoms. The van der Waals surface area contributed by atoms with E-state index in [1.165, 1.54) is 61.7 Å². The van der Waals surface area contributed by atoms with Gasteiger partial charge in [0.2, 0.25) is 35.1 Å². The van der Waals surface area contributed by atoms with Crippen LogP contribution in [0.2, 0.25) is 5.15 Å². The number of aromatic nitrogens is 15. The summed E-state index contributed by atoms with van der Waals surface area (Å²) in [6, 6.07) is 9.66. The summed E-state index contributed by atoms with van der Waals surface area (Å²) in [5, 5.41) is 13.5. The molecule has 4 aliphatic rings. The lowest BCUT2D eigenvalue weighted by Gasteiger charge is -2.34. The summed E-state index contributed by atoms with van der Waals surface area (Å²) in [5.74, 6) is -9.27. The molecule has 0 N–H and O–H groups in total. The third-order valence-corrected chi connectivity index (χ3v) is 14.8. The number of halogens is 15. The second-order valence-electron chi connectivity index (χ2n) is 21.5. The van der Waals surface area contributed by atoms with Crippen LogP contribution in [-0.2, 0) is 30.9 Å². The minimum absolute atomic E-state index is 0. The molecule has 0 spiro atoms. The van der Waals surface area contributed by atoms with Gasteiger partial charge in [0.1, 0.15) is 23.5 Å². The fraction of sp³-hybridized carbons (Fsp3) is 0.455. The van der Waals surface area contributed by atoms with Gasteiger partial charge in [-0.15, -0.1) is 30.6 Å². The maximum atomic E-state index is 13.8. The molecular formula is C55H57BCl3F12N15O6. The van der Waals surface area contributed by atoms with Crippen molar-refractivity contribution in [1.29, 1.82) is 0 Å². The third kappa shape index (κ3) is 16.4. The van der Waals surface area contributed by atoms with Crippen molar-refractivity contribution in [2.75, 3.05) is 7.11 Å². The minimum Gasteiger partial charge on any atom is -0.474 e. The molecule has 3 saturated carbocycles. The van der Waals surface area contributed by atoms with Crippen molar-refractivity contribution in [1.82, 2.24) is 73.7 Å². The van der Waals surface area contributed by atoms with Crippen LogP contribution >= 0.6 is 34.8 Å². The molecule has 0 bridgehead atoms. The summed E-state index contributed by atoms with van der Waals surface area (Å²) in [6.45, 7) is 7.92. The molecule has 37 heteroatoms. The summed E-state index contributed by atoms with van der Waals surface area (Å²) in [6.07, 6.45) is 5.01. The van der Waals surface area contributed by atoms with Crippen LogP contribution in [-0.4, -0.2) is 135 Å². The van der Waals surface area contributed by atoms with Gasteiger partial charge in [-0.2, -0.15) is 26.3 Å². The minimum atomic E-state index is -3.68. The highest BCUT2D eigenvalue weighted by Crippen LogP contribution is 2.43. The highest BCUT2D eigenvalue weighted by molar-refractivity contribution is 6.62. The Bertz CT molecular complexity index is 3940. The molecule has 0 aromatic carbocycles. The van der Waals surface area contributed by atoms with Gasteiger partial charge in [0.25, 0.3) is 17.8 Å². The smallest absolute Gasteiger partial charge is 0.474 e. The van der Waals surface area contributed by atoms with Gasteiger partial charge < -0.3 is 28.3 Å². The molecule has 1 aliphatic heterocycles. The van der Waals surface area contributed by atoms with Gasteiger partial charge in [-0.25, -0.2) is 46.3 Å². The monoisotopic (exact) mass is 1370 g/mol. The number of hydrogen-bond donors (Lipinski definition) is 0. The van der Waals surface area contributed by atoms with Gasteiger partial charge >= 0.3 is 24.0 Å². The van der Waals surface area contributed by atoms with Crippen LogP contribution in [0.4, 0.5) is 52.7 Å². The first-order valence-corrected chi connectivity index (χ1v) is 27.4. The van der Waals surface area contributed by atoms with E-state index in [0.717, 1.165) is 25.8 Å². The van der Waals surface area contributed by atoms with E-state index in [1.807, 2.05) is 27.7 Å². The summed E-state index contributed by atoms with van der Waals surface area (Å²) in [5.41, 5.74) is 2.05. The average molecular weight is 1370 g/mol. The molecule has 9 aromatic heterocycles. The van der Waals surface area contributed by atoms with Gasteiger partial charge in [0, 0.05) is 112 Å². The Morgan fingerprint density at radius 3 is 1.16 bits per heavy atom. The van der Waals surface area contributed by atoms with Gasteiger partial charge in [-0.1, -0.05) is 39.9 Å². The van der Waals surface area contributed by atoms with E-state index >= 15 is 0 Å². The Morgan fingerprint density at radius 1 is 0.478 bits per heavy atom. The lowest BCUT2D eigenvalue weighted by Crippen LogP contribution is -2.43. The molecule has 496 valence electrons. The van der Waals surface area contributed by atoms with E-state index < -0.39 is 88.7 Å². The van der Waals surface area contributed by atoms with Crippen LogP contribution in [0.25, 0.3) is 39.5 Å². The van der Waals surface area contributed by atoms with Crippen molar-refractivity contribution in [3.05, 3.63) is 115 Å². The van der Waals surface area contributed by atoms with Gasteiger partial charge in [-0.05, 0) is 69.1 Å². The Hall–Kier alpha value is -7.53. The molecule has 21 nitrogen and oxygen atoms in total. The highest BCUT2D eigenvalue weighted by Gasteiger charge is 2.53. The predicted molar refractivity (Wildman–Crippen MR) is 310 cm³/mol. The number of methoxy groups -OCH3 is 1. The lowest BCUT2D eigenvalue weighted by atomic mass is 9.80. The summed E-state index contributed by atoms with van der Waals surface area (Å²) < 4.78 is 192. The van der Waals surface area contributed by atoms with Crippen molar-refractivity contribution in [3.63, 3.8) is 0 Å². The molecule has 0 amide bonds. The fourth-order valence-corrected chi connectivity index (χ4v) is 9.12. The zero-order valence-electron chi connectivity index (χ0n) is 46.5. The van der Waals surface area contributed by atoms with Crippen molar-refractivity contribution < 1.29 is 80.9 Å². The predicted octanol–water partition coefficient (Wildman–Crippen LogP) is 13.2. The van der Waals surface area contributed by atoms with Crippen LogP contribution in [0.3, 0.4) is 0 Å². The molecule has 4 fully saturated rings. The fourth-order valence-electron chi connectivity index (χ4n) is 8.72. The molecule has 0 unspecified atom stereocenters. The van der Waals surface area contributed by atoms with E-state index in [1.54, 1.807) is 30.5 Å². The first kappa shape index (κ1) is 71.9. The number of nitrogens with zero attached hydrogens (tertiary/aromatic N) is 15. The van der Waals surface area contributed by atoms with Gasteiger partial charge in [0.05, 0.1) is 41.2 Å². The van der Waals surface area contributed by atoms with Crippen LogP contribution in [0.1, 0.15) is 106 Å². The first-order valence-electron chi connectivity index (χ1n) is 26.3. The highest BCUT2D eigenvalue weighted by atomic mass is 35.5. The number of alkyl halides is 14. The molecular weight excluding hydrogens is 1310 g/mol. The Kier molecular flexibility index (Phi) is 21.0. The van der Waals surface area contributed by atoms with Crippen LogP contribution in [0.5, 0.6) is 17.6 Å². The zero-order valence-corrected chi connectivity index (χ0v) is 48.8. The lowest BCUT2D eigenvalue weighted by molar-refractivity contribution is -0.237. The maximum absolute atomic E-state index is 13.8. The average Bonchev–Trinajstić information content (AvgIpc) is 1.59. The van der Waals surface area contributed by atoms with Crippen molar-refractivity contribution in [2.45, 2.75) is 153 Å². The van der Waals surface area contributed by atoms with Crippen LogP contribution < -0.4 is 19.7 Å². The maximum Gasteiger partial charge on any atom is 0.496 e. The standard InChI is InChI=1S/C16H13F4N5O2.C15H20BF2NO3.C15H10ClF4N5O.C6H2Cl2F2N4.3CH4/c1-26-16(19,20)14-24-23-12-7-21-11(8-25(12)14)9-2-3-13(22-6-9)27-10-4-15(17,18)5-10;1-13(2)14(3,4)22-16(21-13)10-5-6-12(19-9-10)20-11-7-15(17,18)8-11;16-15(19,20)13-24-23-11-6-21-10(7-25(11)13)8-1-2-12(22-5-8)26-9-3-14(17,18)4-9;7-3-2-14-4(1-11-3)12-13-5(14)6(8,9)10;;;/h2-3,6-8,10H,4-5H2,1H3;5-6,9,11H,7-8H2,1-4H3;1-2,5-7,9H,3-4H2;1-2H;3*1H4. The zero-order chi connectivity index (χ0) is 64.3. The van der Waals surface area contributed by atoms with Crippen molar-refractivity contribution >= 4 is 64.3 Å². The molecule has 3 aliphatic carbocycles. The molecule has 13 rings (SSSR count). The summed E-state index contributed by atoms with van der Waals surface area (Å²) >= 11 is 15.4. The third-order valence-electron chi connectivity index (χ3n) is 14.2. The Balaban J connectivity index is 0.000000176. The largest absolute Gasteiger partial charge is 0.496 e. The SMILES string of the molecule is C.C.C.CC1(C)OB(c2ccc(OC3CC(F)(F)C3)nc2)OC1(C)C.COC(F)(F)c1nnc2cnc(-c3ccc(OC4CC(F)(F)C4)nc3)cn12.FC(F)(Cl)c1nnc2cnc(Cl)cn12.FC1(F)CC(Oc2ccc(-c3cn4c(C(F)(F)Cl)nnc4cn3)cn2)C1. The normalized spacial score (nSPS) is 17.9. The number of hydrogen-bond acceptors (Lipinski definition) is 18. The van der Waals surface area contributed by atoms with E-state index in [0.29, 0.717) is 28.4 Å². The summed E-state index contributed by atoms with van der Waals surface area (Å²) in [7, 11) is 0.378. The molecule has 9 aromatic rings. The topological polar surface area (TPSA) is 223 Å². The second-order valence-corrected chi connectivity index (χ2v) is 22.9. The second kappa shape index (κ2) is 26.8. The number of rotatable bonds is 13. The molecule has 0 radical (unpaired) electrons. The van der Waals surface area contributed by atoms with Crippen LogP contribution in [0, 0.1) is 0 Å². The van der Waals surface area contributed by atoms with Crippen LogP contribution in [0.15, 0.2) is 92.2 Å². The van der Waals surface area contributed by atoms with E-state index in [9.17, 15) is 52.7 Å². The van der Waals surface area contributed by atoms with E-state index in [2.05, 4.69) is 65.2 Å². The molecule has 10 heterocycles. The Morgan fingerprint density at radius 2 is 0.826 bits per heavy atom. The van der Waals surface area contributed by atoms with Crippen molar-refractivity contribution in [2.24, 2.45) is 0 Å². The Labute approximate surface area is 531 Å². The van der Waals surface area contributed by atoms with E-state index in [-0.39, 0.29) is 94.7 Å². The van der Waals surface area contributed by atoms with E-state index in [4.69, 9.17) is 58.3 Å². The number of pyridine rings is 3. The first-order chi connectivity index (χ1) is 41.5. The van der Waals surface area contributed by atoms with Gasteiger partial charge in [0.15, 0.2) is 16.9 Å². The van der Waals surface area contributed by atoms with Crippen molar-refractivity contribution in [3.8, 4) is 40.2 Å². The molecule has 0 atom stereocenters. The number of ether oxygens (including phenoxy) is 4. The number of fused-ring (bicyclic) bond motifs is 3.